The first kappa shape index (κ1) is 10.9. The molecule has 0 radical (unpaired) electrons. The average molecular weight is 223 g/mol. The first-order valence-electron chi connectivity index (χ1n) is 4.93. The highest BCUT2D eigenvalue weighted by atomic mass is 19.4. The summed E-state index contributed by atoms with van der Waals surface area (Å²) in [5.74, 6) is 0.00752. The molecule has 3 unspecified atom stereocenters. The highest BCUT2D eigenvalue weighted by Crippen LogP contribution is 2.38. The molecule has 0 amide bonds. The third-order valence-corrected chi connectivity index (χ3v) is 3.18. The molecular weight excluding hydrogens is 211 g/mol. The number of nitrogens with zero attached hydrogens (tertiary/aromatic N) is 1. The second kappa shape index (κ2) is 3.45. The van der Waals surface area contributed by atoms with Gasteiger partial charge in [-0.3, -0.25) is 9.69 Å². The van der Waals surface area contributed by atoms with E-state index in [-0.39, 0.29) is 18.6 Å². The number of carbonyl (C=O) groups excluding carboxylic acids is 1. The molecule has 2 heterocycles. The lowest BCUT2D eigenvalue weighted by Gasteiger charge is -2.37. The maximum absolute atomic E-state index is 12.3. The maximum Gasteiger partial charge on any atom is 0.428 e. The van der Waals surface area contributed by atoms with Gasteiger partial charge >= 0.3 is 6.18 Å². The zero-order valence-corrected chi connectivity index (χ0v) is 8.00. The Bertz CT molecular complexity index is 263. The number of halogens is 3. The highest BCUT2D eigenvalue weighted by molar-refractivity contribution is 5.81. The fourth-order valence-electron chi connectivity index (χ4n) is 2.57. The van der Waals surface area contributed by atoms with Gasteiger partial charge in [-0.05, 0) is 12.8 Å². The molecule has 3 atom stereocenters. The topological polar surface area (TPSA) is 40.5 Å². The summed E-state index contributed by atoms with van der Waals surface area (Å²) in [7, 11) is 0. The summed E-state index contributed by atoms with van der Waals surface area (Å²) in [6, 6.07) is -0.847. The molecule has 0 aromatic heterocycles. The van der Waals surface area contributed by atoms with Crippen LogP contribution in [0.2, 0.25) is 0 Å². The number of alkyl halides is 3. The summed E-state index contributed by atoms with van der Waals surface area (Å²) in [4.78, 5) is 12.2. The number of aliphatic hydroxyl groups is 1. The van der Waals surface area contributed by atoms with Crippen LogP contribution in [-0.4, -0.2) is 40.3 Å². The molecule has 86 valence electrons. The van der Waals surface area contributed by atoms with Gasteiger partial charge in [0.15, 0.2) is 0 Å². The van der Waals surface area contributed by atoms with E-state index in [0.29, 0.717) is 12.8 Å². The molecule has 15 heavy (non-hydrogen) atoms. The quantitative estimate of drug-likeness (QED) is 0.722. The molecule has 0 aliphatic carbocycles. The van der Waals surface area contributed by atoms with Crippen molar-refractivity contribution in [2.24, 2.45) is 0 Å². The summed E-state index contributed by atoms with van der Waals surface area (Å²) >= 11 is 0. The van der Waals surface area contributed by atoms with Gasteiger partial charge in [0.1, 0.15) is 5.78 Å². The van der Waals surface area contributed by atoms with E-state index in [9.17, 15) is 18.0 Å². The van der Waals surface area contributed by atoms with Crippen molar-refractivity contribution in [3.63, 3.8) is 0 Å². The third-order valence-electron chi connectivity index (χ3n) is 3.18. The van der Waals surface area contributed by atoms with Gasteiger partial charge in [-0.2, -0.15) is 13.2 Å². The number of Topliss-reactive ketones (excluding diaryl/α,β-unsaturated/α-hetero) is 1. The molecule has 2 saturated heterocycles. The van der Waals surface area contributed by atoms with Gasteiger partial charge in [0.05, 0.1) is 0 Å². The Morgan fingerprint density at radius 2 is 1.73 bits per heavy atom. The third kappa shape index (κ3) is 1.88. The molecule has 2 rings (SSSR count). The van der Waals surface area contributed by atoms with Gasteiger partial charge in [0.25, 0.3) is 0 Å². The van der Waals surface area contributed by atoms with Crippen molar-refractivity contribution in [2.45, 2.75) is 50.2 Å². The Labute approximate surface area is 84.9 Å². The van der Waals surface area contributed by atoms with Crippen molar-refractivity contribution >= 4 is 5.78 Å². The lowest BCUT2D eigenvalue weighted by Crippen LogP contribution is -2.54. The van der Waals surface area contributed by atoms with E-state index >= 15 is 0 Å². The number of fused-ring (bicyclic) bond motifs is 2. The molecule has 6 heteroatoms. The van der Waals surface area contributed by atoms with Crippen LogP contribution >= 0.6 is 0 Å². The summed E-state index contributed by atoms with van der Waals surface area (Å²) in [5, 5.41) is 9.17. The Morgan fingerprint density at radius 1 is 1.27 bits per heavy atom. The van der Waals surface area contributed by atoms with E-state index < -0.39 is 24.5 Å². The maximum atomic E-state index is 12.3. The van der Waals surface area contributed by atoms with Crippen LogP contribution < -0.4 is 0 Å². The van der Waals surface area contributed by atoms with Gasteiger partial charge in [-0.25, -0.2) is 0 Å². The number of piperidine rings is 1. The smallest absolute Gasteiger partial charge is 0.370 e. The highest BCUT2D eigenvalue weighted by Gasteiger charge is 2.51. The molecule has 0 spiro atoms. The van der Waals surface area contributed by atoms with E-state index in [2.05, 4.69) is 0 Å². The number of hydrogen-bond acceptors (Lipinski definition) is 3. The van der Waals surface area contributed by atoms with Crippen LogP contribution in [0, 0.1) is 0 Å². The normalized spacial score (nSPS) is 34.5. The van der Waals surface area contributed by atoms with E-state index in [1.165, 1.54) is 0 Å². The molecule has 0 saturated carbocycles. The van der Waals surface area contributed by atoms with Crippen LogP contribution in [0.15, 0.2) is 0 Å². The first-order valence-corrected chi connectivity index (χ1v) is 4.93. The number of carbonyl (C=O) groups is 1. The van der Waals surface area contributed by atoms with Crippen molar-refractivity contribution < 1.29 is 23.1 Å². The monoisotopic (exact) mass is 223 g/mol. The molecule has 1 N–H and O–H groups in total. The van der Waals surface area contributed by atoms with Crippen LogP contribution in [0.3, 0.4) is 0 Å². The number of ketones is 1. The number of hydrogen-bond donors (Lipinski definition) is 1. The van der Waals surface area contributed by atoms with Crippen LogP contribution in [-0.2, 0) is 4.79 Å². The minimum atomic E-state index is -4.62. The van der Waals surface area contributed by atoms with Gasteiger partial charge in [0, 0.05) is 24.9 Å². The Morgan fingerprint density at radius 3 is 2.13 bits per heavy atom. The van der Waals surface area contributed by atoms with E-state index in [0.717, 1.165) is 4.90 Å². The van der Waals surface area contributed by atoms with Crippen LogP contribution in [0.4, 0.5) is 13.2 Å². The van der Waals surface area contributed by atoms with Crippen molar-refractivity contribution in [2.75, 3.05) is 0 Å². The molecule has 2 bridgehead atoms. The molecular formula is C9H12F3NO2. The van der Waals surface area contributed by atoms with Gasteiger partial charge < -0.3 is 5.11 Å². The molecule has 2 aliphatic heterocycles. The second-order valence-corrected chi connectivity index (χ2v) is 4.19. The predicted molar refractivity (Wildman–Crippen MR) is 45.0 cm³/mol. The first-order chi connectivity index (χ1) is 6.89. The SMILES string of the molecule is O=C1CC2CCC(C1)N2C(O)C(F)(F)F. The minimum absolute atomic E-state index is 0.00752. The van der Waals surface area contributed by atoms with Crippen LogP contribution in [0.1, 0.15) is 25.7 Å². The van der Waals surface area contributed by atoms with Gasteiger partial charge in [-0.1, -0.05) is 0 Å². The predicted octanol–water partition coefficient (Wildman–Crippen LogP) is 1.06. The van der Waals surface area contributed by atoms with E-state index in [1.807, 2.05) is 0 Å². The van der Waals surface area contributed by atoms with Crippen molar-refractivity contribution in [1.82, 2.24) is 4.90 Å². The van der Waals surface area contributed by atoms with Crippen LogP contribution in [0.25, 0.3) is 0 Å². The fourth-order valence-corrected chi connectivity index (χ4v) is 2.57. The Balaban J connectivity index is 2.14. The summed E-state index contributed by atoms with van der Waals surface area (Å²) in [6.07, 6.45) is -5.61. The minimum Gasteiger partial charge on any atom is -0.370 e. The van der Waals surface area contributed by atoms with Gasteiger partial charge in [-0.15, -0.1) is 0 Å². The lowest BCUT2D eigenvalue weighted by molar-refractivity contribution is -0.260. The summed E-state index contributed by atoms with van der Waals surface area (Å²) in [5.41, 5.74) is 0. The Kier molecular flexibility index (Phi) is 2.50. The summed E-state index contributed by atoms with van der Waals surface area (Å²) in [6.45, 7) is 0. The standard InChI is InChI=1S/C9H12F3NO2/c10-9(11,12)8(15)13-5-1-2-6(13)4-7(14)3-5/h5-6,8,15H,1-4H2. The van der Waals surface area contributed by atoms with Crippen molar-refractivity contribution in [3.8, 4) is 0 Å². The molecule has 3 nitrogen and oxygen atoms in total. The van der Waals surface area contributed by atoms with E-state index in [4.69, 9.17) is 5.11 Å². The van der Waals surface area contributed by atoms with Gasteiger partial charge in [0.2, 0.25) is 6.23 Å². The fraction of sp³-hybridized carbons (Fsp3) is 0.889. The summed E-state index contributed by atoms with van der Waals surface area (Å²) < 4.78 is 37.0. The molecule has 2 fully saturated rings. The Hall–Kier alpha value is -0.620. The molecule has 2 aliphatic rings. The van der Waals surface area contributed by atoms with Crippen molar-refractivity contribution in [3.05, 3.63) is 0 Å². The number of rotatable bonds is 1. The zero-order valence-electron chi connectivity index (χ0n) is 8.00. The largest absolute Gasteiger partial charge is 0.428 e. The van der Waals surface area contributed by atoms with Crippen molar-refractivity contribution in [1.29, 1.82) is 0 Å². The number of aliphatic hydroxyl groups excluding tert-OH is 1. The van der Waals surface area contributed by atoms with Crippen LogP contribution in [0.5, 0.6) is 0 Å². The lowest BCUT2D eigenvalue weighted by atomic mass is 10.0. The zero-order chi connectivity index (χ0) is 11.2. The average Bonchev–Trinajstić information content (AvgIpc) is 2.35. The van der Waals surface area contributed by atoms with E-state index in [1.54, 1.807) is 0 Å². The molecule has 0 aromatic carbocycles. The molecule has 0 aromatic rings. The second-order valence-electron chi connectivity index (χ2n) is 4.19.